The summed E-state index contributed by atoms with van der Waals surface area (Å²) in [6.07, 6.45) is 2.26. The summed E-state index contributed by atoms with van der Waals surface area (Å²) in [7, 11) is 0. The minimum absolute atomic E-state index is 0.219. The summed E-state index contributed by atoms with van der Waals surface area (Å²) >= 11 is 6.89. The Morgan fingerprint density at radius 3 is 2.88 bits per heavy atom. The van der Waals surface area contributed by atoms with Gasteiger partial charge in [0, 0.05) is 11.4 Å². The molecule has 0 saturated carbocycles. The lowest BCUT2D eigenvalue weighted by molar-refractivity contribution is 0.0546. The molecule has 1 heterocycles. The van der Waals surface area contributed by atoms with Crippen molar-refractivity contribution in [1.29, 1.82) is 0 Å². The highest BCUT2D eigenvalue weighted by atomic mass is 79.9. The van der Waals surface area contributed by atoms with E-state index in [1.54, 1.807) is 0 Å². The number of alkyl halides is 1. The van der Waals surface area contributed by atoms with Gasteiger partial charge in [0.15, 0.2) is 0 Å². The van der Waals surface area contributed by atoms with Crippen molar-refractivity contribution in [3.8, 4) is 0 Å². The third kappa shape index (κ3) is 2.84. The van der Waals surface area contributed by atoms with Crippen LogP contribution in [-0.4, -0.2) is 13.2 Å². The zero-order chi connectivity index (χ0) is 11.5. The Bertz CT molecular complexity index is 364. The van der Waals surface area contributed by atoms with Crippen molar-refractivity contribution in [1.82, 2.24) is 0 Å². The Hall–Kier alpha value is 0.0700. The topological polar surface area (TPSA) is 9.23 Å². The maximum atomic E-state index is 13.1. The molecule has 1 aromatic rings. The minimum Gasteiger partial charge on any atom is -0.381 e. The van der Waals surface area contributed by atoms with Crippen molar-refractivity contribution in [3.05, 3.63) is 34.1 Å². The van der Waals surface area contributed by atoms with E-state index in [2.05, 4.69) is 31.9 Å². The fourth-order valence-electron chi connectivity index (χ4n) is 1.95. The fraction of sp³-hybridized carbons (Fsp3) is 0.500. The molecule has 2 rings (SSSR count). The van der Waals surface area contributed by atoms with Gasteiger partial charge in [-0.15, -0.1) is 0 Å². The molecule has 1 aliphatic heterocycles. The summed E-state index contributed by atoms with van der Waals surface area (Å²) < 4.78 is 19.1. The normalized spacial score (nSPS) is 23.1. The van der Waals surface area contributed by atoms with E-state index in [0.29, 0.717) is 10.4 Å². The molecule has 16 heavy (non-hydrogen) atoms. The molecule has 0 aliphatic carbocycles. The third-order valence-corrected chi connectivity index (χ3v) is 4.76. The highest BCUT2D eigenvalue weighted by Gasteiger charge is 2.23. The zero-order valence-corrected chi connectivity index (χ0v) is 11.9. The van der Waals surface area contributed by atoms with Crippen LogP contribution < -0.4 is 0 Å². The molecule has 4 heteroatoms. The van der Waals surface area contributed by atoms with Gasteiger partial charge >= 0.3 is 0 Å². The van der Waals surface area contributed by atoms with E-state index < -0.39 is 0 Å². The second-order valence-electron chi connectivity index (χ2n) is 4.05. The van der Waals surface area contributed by atoms with Gasteiger partial charge in [0.05, 0.1) is 11.1 Å². The van der Waals surface area contributed by atoms with Crippen molar-refractivity contribution in [2.75, 3.05) is 13.2 Å². The SMILES string of the molecule is Fc1ccc(C(Br)C2CCCOC2)cc1Br. The van der Waals surface area contributed by atoms with Crippen molar-refractivity contribution in [3.63, 3.8) is 0 Å². The summed E-state index contributed by atoms with van der Waals surface area (Å²) in [4.78, 5) is 0.240. The van der Waals surface area contributed by atoms with Crippen LogP contribution in [0, 0.1) is 11.7 Å². The van der Waals surface area contributed by atoms with Crippen molar-refractivity contribution < 1.29 is 9.13 Å². The molecule has 1 aliphatic rings. The van der Waals surface area contributed by atoms with E-state index in [-0.39, 0.29) is 10.6 Å². The average molecular weight is 352 g/mol. The smallest absolute Gasteiger partial charge is 0.137 e. The highest BCUT2D eigenvalue weighted by molar-refractivity contribution is 9.10. The zero-order valence-electron chi connectivity index (χ0n) is 8.76. The van der Waals surface area contributed by atoms with Crippen LogP contribution in [0.4, 0.5) is 4.39 Å². The fourth-order valence-corrected chi connectivity index (χ4v) is 3.05. The van der Waals surface area contributed by atoms with E-state index in [1.165, 1.54) is 6.07 Å². The van der Waals surface area contributed by atoms with Crippen LogP contribution in [0.3, 0.4) is 0 Å². The second-order valence-corrected chi connectivity index (χ2v) is 5.89. The lowest BCUT2D eigenvalue weighted by Gasteiger charge is -2.26. The number of benzene rings is 1. The largest absolute Gasteiger partial charge is 0.381 e. The molecule has 1 saturated heterocycles. The van der Waals surface area contributed by atoms with E-state index in [9.17, 15) is 4.39 Å². The predicted molar refractivity (Wildman–Crippen MR) is 69.3 cm³/mol. The molecule has 1 nitrogen and oxygen atoms in total. The quantitative estimate of drug-likeness (QED) is 0.715. The molecule has 0 N–H and O–H groups in total. The molecule has 0 bridgehead atoms. The van der Waals surface area contributed by atoms with Gasteiger partial charge in [-0.25, -0.2) is 4.39 Å². The van der Waals surface area contributed by atoms with Gasteiger partial charge in [-0.05, 0) is 52.4 Å². The maximum absolute atomic E-state index is 13.1. The number of hydrogen-bond donors (Lipinski definition) is 0. The summed E-state index contributed by atoms with van der Waals surface area (Å²) in [6.45, 7) is 1.65. The van der Waals surface area contributed by atoms with Crippen molar-refractivity contribution >= 4 is 31.9 Å². The Balaban J connectivity index is 2.12. The first-order valence-electron chi connectivity index (χ1n) is 5.35. The number of ether oxygens (including phenoxy) is 1. The molecule has 0 aromatic heterocycles. The Kier molecular flexibility index (Phi) is 4.39. The van der Waals surface area contributed by atoms with Crippen LogP contribution >= 0.6 is 31.9 Å². The summed E-state index contributed by atoms with van der Waals surface area (Å²) in [5.41, 5.74) is 1.10. The molecule has 2 unspecified atom stereocenters. The van der Waals surface area contributed by atoms with E-state index in [4.69, 9.17) is 4.74 Å². The monoisotopic (exact) mass is 350 g/mol. The molecule has 0 radical (unpaired) electrons. The van der Waals surface area contributed by atoms with Crippen LogP contribution in [0.15, 0.2) is 22.7 Å². The maximum Gasteiger partial charge on any atom is 0.137 e. The average Bonchev–Trinajstić information content (AvgIpc) is 2.33. The van der Waals surface area contributed by atoms with Crippen molar-refractivity contribution in [2.45, 2.75) is 17.7 Å². The van der Waals surface area contributed by atoms with Gasteiger partial charge in [-0.2, -0.15) is 0 Å². The van der Waals surface area contributed by atoms with Crippen LogP contribution in [0.5, 0.6) is 0 Å². The molecule has 0 amide bonds. The van der Waals surface area contributed by atoms with Crippen LogP contribution in [0.2, 0.25) is 0 Å². The minimum atomic E-state index is -0.219. The van der Waals surface area contributed by atoms with Crippen molar-refractivity contribution in [2.24, 2.45) is 5.92 Å². The van der Waals surface area contributed by atoms with E-state index in [1.807, 2.05) is 12.1 Å². The molecule has 88 valence electrons. The molecule has 1 fully saturated rings. The lowest BCUT2D eigenvalue weighted by Crippen LogP contribution is -2.21. The van der Waals surface area contributed by atoms with E-state index in [0.717, 1.165) is 31.6 Å². The molecular weight excluding hydrogens is 339 g/mol. The summed E-state index contributed by atoms with van der Waals surface area (Å²) in [5, 5.41) is 0. The standard InChI is InChI=1S/C12H13Br2FO/c13-10-6-8(3-4-11(10)15)12(14)9-2-1-5-16-7-9/h3-4,6,9,12H,1-2,5,7H2. The number of hydrogen-bond acceptors (Lipinski definition) is 1. The second kappa shape index (κ2) is 5.61. The number of rotatable bonds is 2. The van der Waals surface area contributed by atoms with Crippen LogP contribution in [0.25, 0.3) is 0 Å². The van der Waals surface area contributed by atoms with Gasteiger partial charge in [-0.1, -0.05) is 22.0 Å². The Morgan fingerprint density at radius 2 is 2.25 bits per heavy atom. The molecule has 1 aromatic carbocycles. The first kappa shape index (κ1) is 12.5. The Morgan fingerprint density at radius 1 is 1.44 bits per heavy atom. The highest BCUT2D eigenvalue weighted by Crippen LogP contribution is 2.37. The molecule has 0 spiro atoms. The first-order chi connectivity index (χ1) is 7.68. The predicted octanol–water partition coefficient (Wildman–Crippen LogP) is 4.45. The molecule has 2 atom stereocenters. The van der Waals surface area contributed by atoms with Gasteiger partial charge in [0.1, 0.15) is 5.82 Å². The summed E-state index contributed by atoms with van der Waals surface area (Å²) in [5.74, 6) is 0.259. The van der Waals surface area contributed by atoms with Crippen LogP contribution in [-0.2, 0) is 4.74 Å². The van der Waals surface area contributed by atoms with Gasteiger partial charge in [0.25, 0.3) is 0 Å². The Labute approximate surface area is 112 Å². The van der Waals surface area contributed by atoms with Gasteiger partial charge in [-0.3, -0.25) is 0 Å². The first-order valence-corrected chi connectivity index (χ1v) is 7.06. The number of halogens is 3. The lowest BCUT2D eigenvalue weighted by atomic mass is 9.94. The third-order valence-electron chi connectivity index (χ3n) is 2.87. The van der Waals surface area contributed by atoms with Gasteiger partial charge in [0.2, 0.25) is 0 Å². The summed E-state index contributed by atoms with van der Waals surface area (Å²) in [6, 6.07) is 5.16. The van der Waals surface area contributed by atoms with E-state index >= 15 is 0 Å². The molecular formula is C12H13Br2FO. The van der Waals surface area contributed by atoms with Gasteiger partial charge < -0.3 is 4.74 Å². The van der Waals surface area contributed by atoms with Crippen LogP contribution in [0.1, 0.15) is 23.2 Å².